The molecule has 1 atom stereocenters. The third kappa shape index (κ3) is 2.24. The molecule has 1 heterocycles. The summed E-state index contributed by atoms with van der Waals surface area (Å²) in [6.45, 7) is 1.20. The minimum Gasteiger partial charge on any atom is -0.426 e. The van der Waals surface area contributed by atoms with Gasteiger partial charge >= 0.3 is 12.1 Å². The van der Waals surface area contributed by atoms with Gasteiger partial charge in [0, 0.05) is 18.6 Å². The van der Waals surface area contributed by atoms with Crippen LogP contribution in [0.2, 0.25) is 0 Å². The molecule has 1 aliphatic rings. The fourth-order valence-corrected chi connectivity index (χ4v) is 1.75. The molecule has 1 aromatic rings. The van der Waals surface area contributed by atoms with E-state index in [9.17, 15) is 23.1 Å². The maximum atomic E-state index is 12.5. The van der Waals surface area contributed by atoms with E-state index in [-0.39, 0.29) is 11.1 Å². The maximum absolute atomic E-state index is 12.5. The van der Waals surface area contributed by atoms with Crippen LogP contribution in [0, 0.1) is 0 Å². The van der Waals surface area contributed by atoms with E-state index in [1.165, 1.54) is 19.1 Å². The van der Waals surface area contributed by atoms with Crippen LogP contribution in [0.4, 0.5) is 13.2 Å². The molecule has 1 aliphatic heterocycles. The van der Waals surface area contributed by atoms with E-state index in [0.29, 0.717) is 0 Å². The molecule has 0 aliphatic carbocycles. The van der Waals surface area contributed by atoms with Crippen molar-refractivity contribution in [1.29, 1.82) is 0 Å². The SMILES string of the molecule is CC1(O)OC(=O)C=C1c1cccc(C(F)(F)F)c1. The average molecular weight is 258 g/mol. The molecule has 1 aromatic carbocycles. The molecule has 2 rings (SSSR count). The van der Waals surface area contributed by atoms with Crippen LogP contribution in [0.25, 0.3) is 5.57 Å². The quantitative estimate of drug-likeness (QED) is 0.786. The largest absolute Gasteiger partial charge is 0.426 e. The molecular formula is C12H9F3O3. The smallest absolute Gasteiger partial charge is 0.416 e. The van der Waals surface area contributed by atoms with Gasteiger partial charge in [-0.3, -0.25) is 0 Å². The minimum absolute atomic E-state index is 0.0126. The van der Waals surface area contributed by atoms with Crippen LogP contribution >= 0.6 is 0 Å². The van der Waals surface area contributed by atoms with Crippen molar-refractivity contribution in [3.8, 4) is 0 Å². The molecule has 0 saturated heterocycles. The zero-order valence-corrected chi connectivity index (χ0v) is 9.28. The summed E-state index contributed by atoms with van der Waals surface area (Å²) in [5, 5.41) is 9.78. The molecule has 0 fully saturated rings. The van der Waals surface area contributed by atoms with Crippen LogP contribution in [0.1, 0.15) is 18.1 Å². The number of hydrogen-bond donors (Lipinski definition) is 1. The number of esters is 1. The highest BCUT2D eigenvalue weighted by molar-refractivity contribution is 5.98. The highest BCUT2D eigenvalue weighted by Gasteiger charge is 2.38. The second-order valence-corrected chi connectivity index (χ2v) is 4.04. The van der Waals surface area contributed by atoms with Gasteiger partial charge in [0.1, 0.15) is 0 Å². The van der Waals surface area contributed by atoms with Gasteiger partial charge in [0.05, 0.1) is 5.56 Å². The zero-order chi connectivity index (χ0) is 13.6. The number of ether oxygens (including phenoxy) is 1. The minimum atomic E-state index is -4.48. The first-order valence-electron chi connectivity index (χ1n) is 5.05. The van der Waals surface area contributed by atoms with Gasteiger partial charge in [-0.15, -0.1) is 0 Å². The van der Waals surface area contributed by atoms with E-state index in [1.54, 1.807) is 0 Å². The van der Waals surface area contributed by atoms with Crippen LogP contribution in [-0.2, 0) is 15.7 Å². The lowest BCUT2D eigenvalue weighted by atomic mass is 9.98. The van der Waals surface area contributed by atoms with E-state index < -0.39 is 23.5 Å². The highest BCUT2D eigenvalue weighted by Crippen LogP contribution is 2.36. The second kappa shape index (κ2) is 3.84. The number of carbonyl (C=O) groups excluding carboxylic acids is 1. The van der Waals surface area contributed by atoms with E-state index in [4.69, 9.17) is 0 Å². The molecule has 0 bridgehead atoms. The molecule has 3 nitrogen and oxygen atoms in total. The standard InChI is InChI=1S/C12H9F3O3/c1-11(17)9(6-10(16)18-11)7-3-2-4-8(5-7)12(13,14)15/h2-6,17H,1H3. The van der Waals surface area contributed by atoms with Gasteiger partial charge in [0.2, 0.25) is 5.79 Å². The van der Waals surface area contributed by atoms with Gasteiger partial charge < -0.3 is 9.84 Å². The number of carbonyl (C=O) groups is 1. The molecular weight excluding hydrogens is 249 g/mol. The van der Waals surface area contributed by atoms with E-state index in [2.05, 4.69) is 4.74 Å². The monoisotopic (exact) mass is 258 g/mol. The van der Waals surface area contributed by atoms with Gasteiger partial charge in [-0.05, 0) is 17.7 Å². The Kier molecular flexibility index (Phi) is 2.70. The van der Waals surface area contributed by atoms with Gasteiger partial charge in [-0.1, -0.05) is 12.1 Å². The van der Waals surface area contributed by atoms with Crippen LogP contribution in [0.3, 0.4) is 0 Å². The van der Waals surface area contributed by atoms with Crippen LogP contribution in [0.5, 0.6) is 0 Å². The van der Waals surface area contributed by atoms with Gasteiger partial charge in [0.25, 0.3) is 0 Å². The third-order valence-corrected chi connectivity index (χ3v) is 2.56. The molecule has 1 N–H and O–H groups in total. The molecule has 1 unspecified atom stereocenters. The lowest BCUT2D eigenvalue weighted by Gasteiger charge is -2.20. The number of aliphatic hydroxyl groups is 1. The summed E-state index contributed by atoms with van der Waals surface area (Å²) in [6.07, 6.45) is -3.50. The first kappa shape index (κ1) is 12.6. The predicted octanol–water partition coefficient (Wildman–Crippen LogP) is 2.35. The Morgan fingerprint density at radius 1 is 1.33 bits per heavy atom. The van der Waals surface area contributed by atoms with Crippen molar-refractivity contribution < 1.29 is 27.8 Å². The Balaban J connectivity index is 2.47. The van der Waals surface area contributed by atoms with E-state index >= 15 is 0 Å². The molecule has 0 saturated carbocycles. The summed E-state index contributed by atoms with van der Waals surface area (Å²) in [5.41, 5.74) is -0.740. The Morgan fingerprint density at radius 3 is 2.50 bits per heavy atom. The van der Waals surface area contributed by atoms with Crippen molar-refractivity contribution in [1.82, 2.24) is 0 Å². The number of benzene rings is 1. The first-order chi connectivity index (χ1) is 8.20. The van der Waals surface area contributed by atoms with Gasteiger partial charge in [0.15, 0.2) is 0 Å². The van der Waals surface area contributed by atoms with E-state index in [1.807, 2.05) is 0 Å². The molecule has 0 spiro atoms. The van der Waals surface area contributed by atoms with Crippen LogP contribution in [-0.4, -0.2) is 16.9 Å². The number of rotatable bonds is 1. The van der Waals surface area contributed by atoms with Crippen molar-refractivity contribution in [3.05, 3.63) is 41.5 Å². The number of hydrogen-bond acceptors (Lipinski definition) is 3. The van der Waals surface area contributed by atoms with Crippen molar-refractivity contribution in [2.75, 3.05) is 0 Å². The summed E-state index contributed by atoms with van der Waals surface area (Å²) in [4.78, 5) is 11.0. The topological polar surface area (TPSA) is 46.5 Å². The Morgan fingerprint density at radius 2 is 2.00 bits per heavy atom. The van der Waals surface area contributed by atoms with Crippen LogP contribution < -0.4 is 0 Å². The molecule has 0 amide bonds. The molecule has 6 heteroatoms. The zero-order valence-electron chi connectivity index (χ0n) is 9.28. The highest BCUT2D eigenvalue weighted by atomic mass is 19.4. The average Bonchev–Trinajstić information content (AvgIpc) is 2.51. The number of halogens is 3. The fourth-order valence-electron chi connectivity index (χ4n) is 1.75. The third-order valence-electron chi connectivity index (χ3n) is 2.56. The van der Waals surface area contributed by atoms with Gasteiger partial charge in [-0.2, -0.15) is 13.2 Å². The Hall–Kier alpha value is -1.82. The molecule has 0 radical (unpaired) electrons. The van der Waals surface area contributed by atoms with Crippen molar-refractivity contribution in [2.45, 2.75) is 18.9 Å². The molecule has 0 aromatic heterocycles. The number of alkyl halides is 3. The van der Waals surface area contributed by atoms with Crippen LogP contribution in [0.15, 0.2) is 30.3 Å². The summed E-state index contributed by atoms with van der Waals surface area (Å²) in [6, 6.07) is 4.36. The normalized spacial score (nSPS) is 23.8. The second-order valence-electron chi connectivity index (χ2n) is 4.04. The predicted molar refractivity (Wildman–Crippen MR) is 56.1 cm³/mol. The van der Waals surface area contributed by atoms with Gasteiger partial charge in [-0.25, -0.2) is 4.79 Å². The Bertz CT molecular complexity index is 530. The molecule has 18 heavy (non-hydrogen) atoms. The lowest BCUT2D eigenvalue weighted by Crippen LogP contribution is -2.26. The van der Waals surface area contributed by atoms with Crippen molar-refractivity contribution in [3.63, 3.8) is 0 Å². The maximum Gasteiger partial charge on any atom is 0.416 e. The number of cyclic esters (lactones) is 1. The summed E-state index contributed by atoms with van der Waals surface area (Å²) in [5.74, 6) is -2.69. The lowest BCUT2D eigenvalue weighted by molar-refractivity contribution is -0.169. The fraction of sp³-hybridized carbons (Fsp3) is 0.250. The van der Waals surface area contributed by atoms with E-state index in [0.717, 1.165) is 18.2 Å². The summed E-state index contributed by atoms with van der Waals surface area (Å²) in [7, 11) is 0. The Labute approximate surface area is 100 Å². The summed E-state index contributed by atoms with van der Waals surface area (Å²) >= 11 is 0. The molecule has 96 valence electrons. The summed E-state index contributed by atoms with van der Waals surface area (Å²) < 4.78 is 42.2. The van der Waals surface area contributed by atoms with Crippen molar-refractivity contribution in [2.24, 2.45) is 0 Å². The van der Waals surface area contributed by atoms with Crippen molar-refractivity contribution >= 4 is 11.5 Å². The first-order valence-corrected chi connectivity index (χ1v) is 5.05.